The van der Waals surface area contributed by atoms with Crippen LogP contribution in [0.4, 0.5) is 0 Å². The first-order valence-electron chi connectivity index (χ1n) is 18.2. The van der Waals surface area contributed by atoms with E-state index in [0.717, 1.165) is 22.5 Å². The molecule has 0 bridgehead atoms. The number of halogens is 6. The third-order valence-electron chi connectivity index (χ3n) is 8.72. The number of aromatic nitrogens is 6. The zero-order valence-electron chi connectivity index (χ0n) is 34.2. The molecule has 13 heteroatoms. The number of hydrogen-bond acceptors (Lipinski definition) is 2. The molecule has 6 nitrogen and oxygen atoms in total. The van der Waals surface area contributed by atoms with Gasteiger partial charge in [-0.3, -0.25) is 0 Å². The van der Waals surface area contributed by atoms with E-state index in [9.17, 15) is 0 Å². The van der Waals surface area contributed by atoms with Crippen LogP contribution in [0, 0.1) is 12.4 Å². The smallest absolute Gasteiger partial charge is 1.00 e. The maximum atomic E-state index is 4.76. The number of para-hydroxylation sites is 2. The first-order valence-corrected chi connectivity index (χ1v) is 20.3. The first kappa shape index (κ1) is 54.6. The molecule has 0 aliphatic heterocycles. The Bertz CT molecular complexity index is 1820. The van der Waals surface area contributed by atoms with Gasteiger partial charge >= 0.3 is 20.4 Å². The fraction of sp³-hybridized carbons (Fsp3) is 0.364. The molecule has 4 aromatic carbocycles. The maximum Gasteiger partial charge on any atom is 2.00 e. The summed E-state index contributed by atoms with van der Waals surface area (Å²) in [5, 5.41) is 9.83. The minimum absolute atomic E-state index is 0. The van der Waals surface area contributed by atoms with Gasteiger partial charge in [0.15, 0.2) is 0 Å². The van der Waals surface area contributed by atoms with Gasteiger partial charge in [-0.05, 0) is 23.7 Å². The minimum atomic E-state index is 0. The van der Waals surface area contributed by atoms with Gasteiger partial charge in [-0.1, -0.05) is 162 Å². The Morgan fingerprint density at radius 3 is 0.947 bits per heavy atom. The molecule has 312 valence electrons. The molecule has 2 heterocycles. The number of nitrogens with zero attached hydrogens (tertiary/aromatic N) is 6. The van der Waals surface area contributed by atoms with E-state index in [-0.39, 0.29) is 55.9 Å². The quantitative estimate of drug-likeness (QED) is 0.0856. The molecule has 6 rings (SSSR count). The average Bonchev–Trinajstić information content (AvgIpc) is 3.74. The predicted molar refractivity (Wildman–Crippen MR) is 228 cm³/mol. The van der Waals surface area contributed by atoms with Crippen molar-refractivity contribution in [2.75, 3.05) is 10.7 Å². The van der Waals surface area contributed by atoms with E-state index in [4.69, 9.17) is 56.8 Å². The van der Waals surface area contributed by atoms with Gasteiger partial charge in [-0.2, -0.15) is 9.36 Å². The average molecular weight is 986 g/mol. The van der Waals surface area contributed by atoms with Gasteiger partial charge in [-0.15, -0.1) is 70.7 Å². The van der Waals surface area contributed by atoms with E-state index >= 15 is 0 Å². The molecule has 0 radical (unpaired) electrons. The standard InChI is InChI=1S/2C21H25N3.2CH2Cl2.2ClH.Pd/c2*1-15(2)18-12-9-13-19(16(3)4)21(18)24-14-20(23(5)22-24)17-10-7-6-8-11-17;2*2-1-3;;;/h2*6-13,15-16H,1-5H3;2*1H2;2*1H;/q;;;;;;+2/p-2. The topological polar surface area (TPSA) is 43.4 Å². The number of hydrogen-bond donors (Lipinski definition) is 0. The van der Waals surface area contributed by atoms with E-state index in [0.29, 0.717) is 23.7 Å². The van der Waals surface area contributed by atoms with E-state index < -0.39 is 0 Å². The van der Waals surface area contributed by atoms with Gasteiger partial charge in [0.1, 0.15) is 14.1 Å². The number of benzene rings is 4. The Hall–Kier alpha value is -2.44. The molecular weight excluding hydrogens is 932 g/mol. The predicted octanol–water partition coefficient (Wildman–Crippen LogP) is 5.67. The fourth-order valence-corrected chi connectivity index (χ4v) is 6.16. The molecule has 0 aliphatic rings. The second-order valence-electron chi connectivity index (χ2n) is 13.9. The maximum absolute atomic E-state index is 4.76. The van der Waals surface area contributed by atoms with E-state index in [2.05, 4.69) is 128 Å². The summed E-state index contributed by atoms with van der Waals surface area (Å²) in [5.74, 6) is 1.73. The van der Waals surface area contributed by atoms with Crippen LogP contribution in [-0.2, 0) is 34.5 Å². The van der Waals surface area contributed by atoms with Crippen LogP contribution < -0.4 is 34.2 Å². The Labute approximate surface area is 387 Å². The van der Waals surface area contributed by atoms with Crippen LogP contribution >= 0.6 is 46.4 Å². The Kier molecular flexibility index (Phi) is 26.2. The van der Waals surface area contributed by atoms with Crippen LogP contribution in [0.3, 0.4) is 0 Å². The largest absolute Gasteiger partial charge is 2.00 e. The fourth-order valence-electron chi connectivity index (χ4n) is 6.16. The monoisotopic (exact) mass is 982 g/mol. The number of aryl methyl sites for hydroxylation is 2. The summed E-state index contributed by atoms with van der Waals surface area (Å²) in [4.78, 5) is 0. The summed E-state index contributed by atoms with van der Waals surface area (Å²) >= 11 is 19.1. The van der Waals surface area contributed by atoms with Crippen molar-refractivity contribution < 1.29 is 54.6 Å². The zero-order valence-corrected chi connectivity index (χ0v) is 40.3. The molecule has 6 aromatic rings. The van der Waals surface area contributed by atoms with Gasteiger partial charge in [0.25, 0.3) is 0 Å². The van der Waals surface area contributed by atoms with Crippen molar-refractivity contribution in [1.82, 2.24) is 19.8 Å². The molecule has 0 saturated carbocycles. The van der Waals surface area contributed by atoms with Crippen molar-refractivity contribution in [3.05, 3.63) is 132 Å². The summed E-state index contributed by atoms with van der Waals surface area (Å²) < 4.78 is 7.65. The van der Waals surface area contributed by atoms with Crippen molar-refractivity contribution in [3.63, 3.8) is 0 Å². The third-order valence-corrected chi connectivity index (χ3v) is 8.72. The summed E-state index contributed by atoms with van der Waals surface area (Å²) in [6.07, 6.45) is 6.95. The van der Waals surface area contributed by atoms with Crippen molar-refractivity contribution >= 4 is 46.4 Å². The van der Waals surface area contributed by atoms with Gasteiger partial charge in [0.05, 0.1) is 56.3 Å². The Morgan fingerprint density at radius 1 is 0.474 bits per heavy atom. The minimum Gasteiger partial charge on any atom is -1.00 e. The molecule has 0 N–H and O–H groups in total. The molecular formula is C44H54Cl6N6Pd. The van der Waals surface area contributed by atoms with Gasteiger partial charge in [-0.25, -0.2) is 9.36 Å². The molecule has 0 atom stereocenters. The Morgan fingerprint density at radius 2 is 0.719 bits per heavy atom. The van der Waals surface area contributed by atoms with Crippen LogP contribution in [-0.4, -0.2) is 30.5 Å². The molecule has 0 amide bonds. The van der Waals surface area contributed by atoms with Crippen molar-refractivity contribution in [2.45, 2.75) is 79.1 Å². The molecule has 2 aromatic heterocycles. The second-order valence-corrected chi connectivity index (χ2v) is 15.5. The van der Waals surface area contributed by atoms with Crippen LogP contribution in [0.15, 0.2) is 97.1 Å². The van der Waals surface area contributed by atoms with Crippen molar-refractivity contribution in [3.8, 4) is 33.9 Å². The zero-order chi connectivity index (χ0) is 39.9. The van der Waals surface area contributed by atoms with Crippen LogP contribution in [0.25, 0.3) is 33.9 Å². The number of rotatable bonds is 8. The third kappa shape index (κ3) is 15.0. The SMILES string of the molecule is CC(C)c1cccc(C(C)C)c1-[n+]1[c-]c(-c2ccccc2)n(C)n1.CC(C)c1cccc(C(C)C)c1-[n+]1[c-]c(-c2ccccc2)n(C)n1.ClCCl.ClCCl.[Cl-].[Cl-].[Pd+2]. The van der Waals surface area contributed by atoms with Gasteiger partial charge in [0, 0.05) is 0 Å². The van der Waals surface area contributed by atoms with E-state index in [1.165, 1.54) is 33.6 Å². The Balaban J connectivity index is 0.000000924. The first-order chi connectivity index (χ1) is 25.8. The van der Waals surface area contributed by atoms with Crippen LogP contribution in [0.5, 0.6) is 0 Å². The summed E-state index contributed by atoms with van der Waals surface area (Å²) in [5.41, 5.74) is 11.8. The number of alkyl halides is 4. The molecule has 0 aliphatic carbocycles. The summed E-state index contributed by atoms with van der Waals surface area (Å²) in [6, 6.07) is 33.7. The van der Waals surface area contributed by atoms with Crippen LogP contribution in [0.1, 0.15) is 101 Å². The van der Waals surface area contributed by atoms with E-state index in [1.54, 1.807) is 0 Å². The normalized spacial score (nSPS) is 10.3. The van der Waals surface area contributed by atoms with Crippen LogP contribution in [0.2, 0.25) is 0 Å². The van der Waals surface area contributed by atoms with Gasteiger partial charge < -0.3 is 24.8 Å². The molecule has 57 heavy (non-hydrogen) atoms. The second kappa shape index (κ2) is 27.3. The van der Waals surface area contributed by atoms with Crippen molar-refractivity contribution in [1.29, 1.82) is 0 Å². The molecule has 0 spiro atoms. The van der Waals surface area contributed by atoms with Crippen molar-refractivity contribution in [2.24, 2.45) is 14.1 Å². The van der Waals surface area contributed by atoms with E-state index in [1.807, 2.05) is 69.2 Å². The molecule has 0 unspecified atom stereocenters. The molecule has 0 fully saturated rings. The van der Waals surface area contributed by atoms with Gasteiger partial charge in [0.2, 0.25) is 0 Å². The summed E-state index contributed by atoms with van der Waals surface area (Å²) in [6.45, 7) is 17.8. The summed E-state index contributed by atoms with van der Waals surface area (Å²) in [7, 11) is 3.95. The molecule has 0 saturated heterocycles.